The molecule has 3 rings (SSSR count). The molecule has 98 valence electrons. The van der Waals surface area contributed by atoms with Gasteiger partial charge in [-0.05, 0) is 24.3 Å². The summed E-state index contributed by atoms with van der Waals surface area (Å²) in [5.74, 6) is 0.936. The molecule has 0 radical (unpaired) electrons. The van der Waals surface area contributed by atoms with Gasteiger partial charge in [0.1, 0.15) is 12.4 Å². The van der Waals surface area contributed by atoms with Crippen LogP contribution in [0.4, 0.5) is 11.4 Å². The monoisotopic (exact) mass is 254 g/mol. The van der Waals surface area contributed by atoms with E-state index in [2.05, 4.69) is 34.5 Å². The van der Waals surface area contributed by atoms with Gasteiger partial charge in [0.15, 0.2) is 0 Å². The highest BCUT2D eigenvalue weighted by atomic mass is 16.5. The van der Waals surface area contributed by atoms with Crippen LogP contribution >= 0.6 is 0 Å². The van der Waals surface area contributed by atoms with Crippen molar-refractivity contribution in [1.29, 1.82) is 0 Å². The lowest BCUT2D eigenvalue weighted by atomic mass is 10.2. The summed E-state index contributed by atoms with van der Waals surface area (Å²) in [6.07, 6.45) is 0. The maximum Gasteiger partial charge on any atom is 0.119 e. The van der Waals surface area contributed by atoms with Crippen LogP contribution in [0.25, 0.3) is 0 Å². The zero-order chi connectivity index (χ0) is 12.9. The van der Waals surface area contributed by atoms with Crippen molar-refractivity contribution in [2.75, 3.05) is 36.5 Å². The van der Waals surface area contributed by atoms with Crippen LogP contribution in [-0.2, 0) is 0 Å². The third kappa shape index (κ3) is 2.81. The maximum atomic E-state index is 5.76. The Bertz CT molecular complexity index is 527. The Hall–Kier alpha value is -2.16. The maximum absolute atomic E-state index is 5.76. The molecule has 1 heterocycles. The van der Waals surface area contributed by atoms with Crippen LogP contribution < -0.4 is 15.0 Å². The molecule has 0 saturated heterocycles. The fraction of sp³-hybridized carbons (Fsp3) is 0.250. The second kappa shape index (κ2) is 5.65. The second-order valence-corrected chi connectivity index (χ2v) is 4.59. The summed E-state index contributed by atoms with van der Waals surface area (Å²) in [6.45, 7) is 3.63. The normalized spacial score (nSPS) is 13.6. The molecule has 2 aromatic rings. The van der Waals surface area contributed by atoms with E-state index in [-0.39, 0.29) is 0 Å². The molecule has 0 atom stereocenters. The van der Waals surface area contributed by atoms with Crippen molar-refractivity contribution in [3.8, 4) is 5.75 Å². The molecule has 1 aliphatic heterocycles. The number of hydrogen-bond donors (Lipinski definition) is 1. The van der Waals surface area contributed by atoms with Crippen LogP contribution in [-0.4, -0.2) is 26.2 Å². The van der Waals surface area contributed by atoms with E-state index < -0.39 is 0 Å². The van der Waals surface area contributed by atoms with Crippen molar-refractivity contribution in [2.24, 2.45) is 0 Å². The van der Waals surface area contributed by atoms with E-state index in [4.69, 9.17) is 4.74 Å². The minimum atomic E-state index is 0.707. The summed E-state index contributed by atoms with van der Waals surface area (Å²) in [5, 5.41) is 3.42. The van der Waals surface area contributed by atoms with Crippen molar-refractivity contribution in [3.05, 3.63) is 54.6 Å². The summed E-state index contributed by atoms with van der Waals surface area (Å²) in [5.41, 5.74) is 2.49. The Morgan fingerprint density at radius 1 is 1.00 bits per heavy atom. The number of benzene rings is 2. The van der Waals surface area contributed by atoms with Crippen LogP contribution in [0.1, 0.15) is 0 Å². The molecule has 0 aliphatic carbocycles. The van der Waals surface area contributed by atoms with Gasteiger partial charge >= 0.3 is 0 Å². The highest BCUT2D eigenvalue weighted by Gasteiger charge is 2.15. The third-order valence-corrected chi connectivity index (χ3v) is 3.32. The summed E-state index contributed by atoms with van der Waals surface area (Å²) < 4.78 is 5.76. The number of para-hydroxylation sites is 3. The molecule has 1 N–H and O–H groups in total. The van der Waals surface area contributed by atoms with E-state index in [9.17, 15) is 0 Å². The lowest BCUT2D eigenvalue weighted by Gasteiger charge is -2.31. The van der Waals surface area contributed by atoms with Crippen LogP contribution in [0.15, 0.2) is 54.6 Å². The average Bonchev–Trinajstić information content (AvgIpc) is 2.49. The van der Waals surface area contributed by atoms with Crippen molar-refractivity contribution in [3.63, 3.8) is 0 Å². The Morgan fingerprint density at radius 3 is 2.68 bits per heavy atom. The molecule has 19 heavy (non-hydrogen) atoms. The number of rotatable bonds is 4. The first-order valence-electron chi connectivity index (χ1n) is 6.69. The van der Waals surface area contributed by atoms with Gasteiger partial charge in [-0.1, -0.05) is 30.3 Å². The first-order chi connectivity index (χ1) is 9.43. The molecule has 0 unspecified atom stereocenters. The number of anilines is 2. The van der Waals surface area contributed by atoms with E-state index in [1.807, 2.05) is 30.3 Å². The highest BCUT2D eigenvalue weighted by Crippen LogP contribution is 2.27. The molecule has 0 amide bonds. The number of nitrogens with zero attached hydrogens (tertiary/aromatic N) is 1. The zero-order valence-corrected chi connectivity index (χ0v) is 10.9. The quantitative estimate of drug-likeness (QED) is 0.907. The minimum absolute atomic E-state index is 0.707. The van der Waals surface area contributed by atoms with Gasteiger partial charge in [-0.3, -0.25) is 0 Å². The first-order valence-corrected chi connectivity index (χ1v) is 6.69. The predicted octanol–water partition coefficient (Wildman–Crippen LogP) is 3.00. The van der Waals surface area contributed by atoms with Gasteiger partial charge in [0, 0.05) is 13.1 Å². The molecule has 3 nitrogen and oxygen atoms in total. The summed E-state index contributed by atoms with van der Waals surface area (Å²) in [4.78, 5) is 2.37. The summed E-state index contributed by atoms with van der Waals surface area (Å²) >= 11 is 0. The van der Waals surface area contributed by atoms with Crippen LogP contribution in [0.5, 0.6) is 5.75 Å². The molecule has 3 heteroatoms. The van der Waals surface area contributed by atoms with E-state index in [1.165, 1.54) is 11.4 Å². The molecule has 0 fully saturated rings. The highest BCUT2D eigenvalue weighted by molar-refractivity contribution is 5.71. The molecule has 1 aliphatic rings. The topological polar surface area (TPSA) is 24.5 Å². The van der Waals surface area contributed by atoms with Crippen molar-refractivity contribution >= 4 is 11.4 Å². The standard InChI is InChI=1S/C16H18N2O/c1-2-6-14(7-3-1)19-13-12-18-11-10-17-15-8-4-5-9-16(15)18/h1-9,17H,10-13H2. The third-order valence-electron chi connectivity index (χ3n) is 3.32. The fourth-order valence-electron chi connectivity index (χ4n) is 2.37. The van der Waals surface area contributed by atoms with Crippen molar-refractivity contribution in [2.45, 2.75) is 0 Å². The molecule has 0 spiro atoms. The lowest BCUT2D eigenvalue weighted by Crippen LogP contribution is -2.36. The van der Waals surface area contributed by atoms with Crippen molar-refractivity contribution < 1.29 is 4.74 Å². The number of fused-ring (bicyclic) bond motifs is 1. The SMILES string of the molecule is c1ccc(OCCN2CCNc3ccccc32)cc1. The van der Waals surface area contributed by atoms with E-state index in [0.29, 0.717) is 6.61 Å². The Balaban J connectivity index is 1.59. The van der Waals surface area contributed by atoms with Gasteiger partial charge in [0.05, 0.1) is 17.9 Å². The van der Waals surface area contributed by atoms with Crippen molar-refractivity contribution in [1.82, 2.24) is 0 Å². The van der Waals surface area contributed by atoms with Gasteiger partial charge in [0.2, 0.25) is 0 Å². The minimum Gasteiger partial charge on any atom is -0.492 e. The number of nitrogens with one attached hydrogen (secondary N) is 1. The first kappa shape index (κ1) is 11.9. The molecular formula is C16H18N2O. The van der Waals surface area contributed by atoms with Gasteiger partial charge in [-0.2, -0.15) is 0 Å². The fourth-order valence-corrected chi connectivity index (χ4v) is 2.37. The summed E-state index contributed by atoms with van der Waals surface area (Å²) in [6, 6.07) is 18.4. The van der Waals surface area contributed by atoms with Gasteiger partial charge in [0.25, 0.3) is 0 Å². The number of hydrogen-bond acceptors (Lipinski definition) is 3. The lowest BCUT2D eigenvalue weighted by molar-refractivity contribution is 0.324. The van der Waals surface area contributed by atoms with Crippen LogP contribution in [0.2, 0.25) is 0 Å². The van der Waals surface area contributed by atoms with E-state index in [0.717, 1.165) is 25.4 Å². The molecule has 2 aromatic carbocycles. The van der Waals surface area contributed by atoms with Gasteiger partial charge in [-0.25, -0.2) is 0 Å². The molecule has 0 saturated carbocycles. The van der Waals surface area contributed by atoms with Crippen LogP contribution in [0.3, 0.4) is 0 Å². The van der Waals surface area contributed by atoms with Gasteiger partial charge in [-0.15, -0.1) is 0 Å². The van der Waals surface area contributed by atoms with Gasteiger partial charge < -0.3 is 15.0 Å². The molecular weight excluding hydrogens is 236 g/mol. The predicted molar refractivity (Wildman–Crippen MR) is 79.1 cm³/mol. The van der Waals surface area contributed by atoms with Crippen LogP contribution in [0, 0.1) is 0 Å². The van der Waals surface area contributed by atoms with E-state index >= 15 is 0 Å². The zero-order valence-electron chi connectivity index (χ0n) is 10.9. The Labute approximate surface area is 113 Å². The number of ether oxygens (including phenoxy) is 1. The molecule has 0 bridgehead atoms. The summed E-state index contributed by atoms with van der Waals surface area (Å²) in [7, 11) is 0. The Kier molecular flexibility index (Phi) is 3.54. The smallest absolute Gasteiger partial charge is 0.119 e. The Morgan fingerprint density at radius 2 is 1.79 bits per heavy atom. The second-order valence-electron chi connectivity index (χ2n) is 4.59. The van der Waals surface area contributed by atoms with E-state index in [1.54, 1.807) is 0 Å². The average molecular weight is 254 g/mol. The largest absolute Gasteiger partial charge is 0.492 e. The molecule has 0 aromatic heterocycles.